The molecule has 0 unspecified atom stereocenters. The Morgan fingerprint density at radius 3 is 2.27 bits per heavy atom. The maximum atomic E-state index is 4.40. The molecule has 2 nitrogen and oxygen atoms in total. The molecular weight excluding hydrogens is 152 g/mol. The summed E-state index contributed by atoms with van der Waals surface area (Å²) < 4.78 is 0. The lowest BCUT2D eigenvalue weighted by Gasteiger charge is -2.11. The van der Waals surface area contributed by atoms with Gasteiger partial charge in [-0.25, -0.2) is 9.98 Å². The van der Waals surface area contributed by atoms with Gasteiger partial charge in [0, 0.05) is 11.5 Å². The lowest BCUT2D eigenvalue weighted by molar-refractivity contribution is 1.27. The highest BCUT2D eigenvalue weighted by molar-refractivity contribution is 7.11. The van der Waals surface area contributed by atoms with Gasteiger partial charge in [0.25, 0.3) is 0 Å². The SMILES string of the molecule is CC=C1N=CC([Si](C)(C)C)=N1. The van der Waals surface area contributed by atoms with E-state index in [1.54, 1.807) is 0 Å². The number of allylic oxidation sites excluding steroid dienone is 1. The van der Waals surface area contributed by atoms with Crippen LogP contribution in [0, 0.1) is 0 Å². The van der Waals surface area contributed by atoms with Crippen molar-refractivity contribution in [1.82, 2.24) is 0 Å². The van der Waals surface area contributed by atoms with E-state index in [1.807, 2.05) is 19.2 Å². The highest BCUT2D eigenvalue weighted by Gasteiger charge is 2.22. The number of hydrogen-bond acceptors (Lipinski definition) is 2. The minimum absolute atomic E-state index is 0.863. The first kappa shape index (κ1) is 8.39. The van der Waals surface area contributed by atoms with E-state index in [0.29, 0.717) is 0 Å². The fourth-order valence-electron chi connectivity index (χ4n) is 0.809. The molecule has 1 aliphatic rings. The number of hydrogen-bond donors (Lipinski definition) is 0. The van der Waals surface area contributed by atoms with E-state index in [4.69, 9.17) is 0 Å². The van der Waals surface area contributed by atoms with Gasteiger partial charge in [0.1, 0.15) is 13.9 Å². The molecule has 0 aromatic carbocycles. The van der Waals surface area contributed by atoms with Crippen molar-refractivity contribution in [1.29, 1.82) is 0 Å². The Bertz CT molecular complexity index is 243. The van der Waals surface area contributed by atoms with Gasteiger partial charge in [0.2, 0.25) is 0 Å². The van der Waals surface area contributed by atoms with E-state index in [1.165, 1.54) is 5.33 Å². The Labute approximate surface area is 68.8 Å². The van der Waals surface area contributed by atoms with Gasteiger partial charge in [-0.3, -0.25) is 0 Å². The second-order valence-corrected chi connectivity index (χ2v) is 8.66. The summed E-state index contributed by atoms with van der Waals surface area (Å²) in [5, 5.41) is 1.20. The van der Waals surface area contributed by atoms with E-state index in [0.717, 1.165) is 5.82 Å². The fourth-order valence-corrected chi connectivity index (χ4v) is 1.71. The first-order valence-corrected chi connectivity index (χ1v) is 7.33. The Morgan fingerprint density at radius 2 is 2.00 bits per heavy atom. The summed E-state index contributed by atoms with van der Waals surface area (Å²) in [6, 6.07) is 0. The van der Waals surface area contributed by atoms with Crippen LogP contribution in [-0.4, -0.2) is 19.6 Å². The van der Waals surface area contributed by atoms with Crippen LogP contribution < -0.4 is 0 Å². The molecule has 0 aromatic rings. The molecule has 0 saturated carbocycles. The van der Waals surface area contributed by atoms with Gasteiger partial charge in [-0.2, -0.15) is 0 Å². The zero-order chi connectivity index (χ0) is 8.48. The third-order valence-electron chi connectivity index (χ3n) is 1.58. The van der Waals surface area contributed by atoms with Gasteiger partial charge < -0.3 is 0 Å². The Morgan fingerprint density at radius 1 is 1.36 bits per heavy atom. The van der Waals surface area contributed by atoms with Crippen LogP contribution in [0.2, 0.25) is 19.6 Å². The van der Waals surface area contributed by atoms with Crippen LogP contribution >= 0.6 is 0 Å². The third-order valence-corrected chi connectivity index (χ3v) is 3.36. The van der Waals surface area contributed by atoms with Crippen molar-refractivity contribution in [2.24, 2.45) is 9.98 Å². The number of aliphatic imine (C=N–C) groups is 2. The molecule has 1 rings (SSSR count). The van der Waals surface area contributed by atoms with Crippen molar-refractivity contribution in [2.45, 2.75) is 26.6 Å². The van der Waals surface area contributed by atoms with Crippen LogP contribution in [-0.2, 0) is 0 Å². The summed E-state index contributed by atoms with van der Waals surface area (Å²) in [4.78, 5) is 8.56. The van der Waals surface area contributed by atoms with Crippen LogP contribution in [0.5, 0.6) is 0 Å². The zero-order valence-electron chi connectivity index (χ0n) is 7.55. The van der Waals surface area contributed by atoms with E-state index in [2.05, 4.69) is 29.6 Å². The predicted octanol–water partition coefficient (Wildman–Crippen LogP) is 2.25. The standard InChI is InChI=1S/C8H14N2Si/c1-5-7-9-6-8(10-7)11(2,3)4/h5-6H,1-4H3. The molecule has 0 amide bonds. The van der Waals surface area contributed by atoms with E-state index >= 15 is 0 Å². The Hall–Kier alpha value is -0.703. The monoisotopic (exact) mass is 166 g/mol. The number of rotatable bonds is 1. The van der Waals surface area contributed by atoms with Gasteiger partial charge in [0.15, 0.2) is 0 Å². The minimum Gasteiger partial charge on any atom is -0.237 e. The molecule has 3 heteroatoms. The minimum atomic E-state index is -1.22. The van der Waals surface area contributed by atoms with Crippen LogP contribution in [0.15, 0.2) is 21.9 Å². The molecule has 0 saturated heterocycles. The Kier molecular flexibility index (Phi) is 2.09. The maximum absolute atomic E-state index is 4.40. The van der Waals surface area contributed by atoms with Gasteiger partial charge in [-0.15, -0.1) is 0 Å². The van der Waals surface area contributed by atoms with Crippen molar-refractivity contribution >= 4 is 19.6 Å². The number of nitrogens with zero attached hydrogens (tertiary/aromatic N) is 2. The average Bonchev–Trinajstić information content (AvgIpc) is 2.32. The molecule has 0 spiro atoms. The second kappa shape index (κ2) is 2.74. The second-order valence-electron chi connectivity index (χ2n) is 3.65. The molecule has 0 fully saturated rings. The molecule has 0 aromatic heterocycles. The summed E-state index contributed by atoms with van der Waals surface area (Å²) >= 11 is 0. The molecule has 60 valence electrons. The van der Waals surface area contributed by atoms with Crippen molar-refractivity contribution in [3.63, 3.8) is 0 Å². The summed E-state index contributed by atoms with van der Waals surface area (Å²) in [5.41, 5.74) is 0. The summed E-state index contributed by atoms with van der Waals surface area (Å²) in [6.45, 7) is 8.78. The van der Waals surface area contributed by atoms with Gasteiger partial charge in [-0.1, -0.05) is 19.6 Å². The van der Waals surface area contributed by atoms with Crippen LogP contribution in [0.1, 0.15) is 6.92 Å². The van der Waals surface area contributed by atoms with Crippen LogP contribution in [0.25, 0.3) is 0 Å². The molecular formula is C8H14N2Si. The first-order chi connectivity index (χ1) is 5.04. The quantitative estimate of drug-likeness (QED) is 0.534. The van der Waals surface area contributed by atoms with Gasteiger partial charge in [-0.05, 0) is 13.0 Å². The van der Waals surface area contributed by atoms with E-state index in [9.17, 15) is 0 Å². The topological polar surface area (TPSA) is 24.7 Å². The highest BCUT2D eigenvalue weighted by Crippen LogP contribution is 2.12. The van der Waals surface area contributed by atoms with E-state index in [-0.39, 0.29) is 0 Å². The third kappa shape index (κ3) is 1.86. The lowest BCUT2D eigenvalue weighted by Crippen LogP contribution is -2.33. The van der Waals surface area contributed by atoms with Crippen LogP contribution in [0.4, 0.5) is 0 Å². The van der Waals surface area contributed by atoms with Crippen molar-refractivity contribution in [3.8, 4) is 0 Å². The average molecular weight is 166 g/mol. The predicted molar refractivity (Wildman–Crippen MR) is 53.0 cm³/mol. The van der Waals surface area contributed by atoms with Crippen molar-refractivity contribution < 1.29 is 0 Å². The van der Waals surface area contributed by atoms with E-state index < -0.39 is 8.07 Å². The van der Waals surface area contributed by atoms with Crippen LogP contribution in [0.3, 0.4) is 0 Å². The summed E-state index contributed by atoms with van der Waals surface area (Å²) in [7, 11) is -1.22. The maximum Gasteiger partial charge on any atom is 0.147 e. The van der Waals surface area contributed by atoms with Gasteiger partial charge in [0.05, 0.1) is 0 Å². The lowest BCUT2D eigenvalue weighted by atomic mass is 10.6. The Balaban J connectivity index is 2.89. The molecule has 0 bridgehead atoms. The fraction of sp³-hybridized carbons (Fsp3) is 0.500. The highest BCUT2D eigenvalue weighted by atomic mass is 28.3. The van der Waals surface area contributed by atoms with Crippen molar-refractivity contribution in [2.75, 3.05) is 0 Å². The first-order valence-electron chi connectivity index (χ1n) is 3.83. The largest absolute Gasteiger partial charge is 0.237 e. The summed E-state index contributed by atoms with van der Waals surface area (Å²) in [6.07, 6.45) is 3.84. The zero-order valence-corrected chi connectivity index (χ0v) is 8.55. The van der Waals surface area contributed by atoms with Gasteiger partial charge >= 0.3 is 0 Å². The molecule has 0 aliphatic carbocycles. The molecule has 1 heterocycles. The van der Waals surface area contributed by atoms with Crippen molar-refractivity contribution in [3.05, 3.63) is 11.9 Å². The molecule has 0 radical (unpaired) electrons. The smallest absolute Gasteiger partial charge is 0.147 e. The molecule has 0 atom stereocenters. The normalized spacial score (nSPS) is 21.1. The molecule has 1 aliphatic heterocycles. The summed E-state index contributed by atoms with van der Waals surface area (Å²) in [5.74, 6) is 0.863. The molecule has 11 heavy (non-hydrogen) atoms. The molecule has 0 N–H and O–H groups in total.